The van der Waals surface area contributed by atoms with Gasteiger partial charge in [0.05, 0.1) is 10.6 Å². The predicted octanol–water partition coefficient (Wildman–Crippen LogP) is 6.64. The maximum atomic E-state index is 8.86. The maximum absolute atomic E-state index is 8.86. The van der Waals surface area contributed by atoms with Gasteiger partial charge in [0, 0.05) is 31.7 Å². The summed E-state index contributed by atoms with van der Waals surface area (Å²) in [5, 5.41) is 12.3. The molecule has 3 rings (SSSR count). The minimum Gasteiger partial charge on any atom is -0.353 e. The number of allylic oxidation sites excluding steroid dienone is 5. The molecule has 0 bridgehead atoms. The Balaban J connectivity index is 0.000000248. The highest BCUT2D eigenvalue weighted by Crippen LogP contribution is 2.44. The molecule has 0 spiro atoms. The molecule has 0 aromatic carbocycles. The van der Waals surface area contributed by atoms with E-state index in [0.717, 1.165) is 79.1 Å². The number of aromatic nitrogens is 2. The van der Waals surface area contributed by atoms with E-state index in [4.69, 9.17) is 5.26 Å². The van der Waals surface area contributed by atoms with Crippen LogP contribution in [0.5, 0.6) is 0 Å². The average Bonchev–Trinajstić information content (AvgIpc) is 3.66. The number of nitrogens with zero attached hydrogens (tertiary/aromatic N) is 4. The monoisotopic (exact) mass is 467 g/mol. The van der Waals surface area contributed by atoms with Crippen molar-refractivity contribution in [3.63, 3.8) is 0 Å². The largest absolute Gasteiger partial charge is 0.353 e. The van der Waals surface area contributed by atoms with Crippen molar-refractivity contribution in [2.24, 2.45) is 5.92 Å². The molecule has 1 aromatic heterocycles. The summed E-state index contributed by atoms with van der Waals surface area (Å²) < 4.78 is 0. The van der Waals surface area contributed by atoms with Crippen LogP contribution in [0.1, 0.15) is 77.0 Å². The molecule has 1 aliphatic carbocycles. The molecule has 1 aliphatic heterocycles. The van der Waals surface area contributed by atoms with Gasteiger partial charge in [-0.15, -0.1) is 0 Å². The maximum Gasteiger partial charge on any atom is 0.139 e. The van der Waals surface area contributed by atoms with Gasteiger partial charge < -0.3 is 10.2 Å². The molecule has 1 saturated heterocycles. The van der Waals surface area contributed by atoms with Gasteiger partial charge in [-0.2, -0.15) is 5.26 Å². The lowest BCUT2D eigenvalue weighted by Gasteiger charge is -2.30. The van der Waals surface area contributed by atoms with Crippen molar-refractivity contribution in [3.8, 4) is 6.07 Å². The summed E-state index contributed by atoms with van der Waals surface area (Å²) >= 11 is 1.53. The molecule has 2 aliphatic rings. The molecular weight excluding hydrogens is 426 g/mol. The van der Waals surface area contributed by atoms with Crippen LogP contribution in [-0.2, 0) is 0 Å². The van der Waals surface area contributed by atoms with Crippen LogP contribution in [0.4, 0.5) is 5.82 Å². The van der Waals surface area contributed by atoms with Gasteiger partial charge in [0.2, 0.25) is 0 Å². The molecule has 6 heteroatoms. The molecule has 180 valence electrons. The molecule has 0 atom stereocenters. The molecule has 0 unspecified atom stereocenters. The lowest BCUT2D eigenvalue weighted by molar-refractivity contribution is 0.583. The molecule has 2 fully saturated rings. The van der Waals surface area contributed by atoms with Crippen molar-refractivity contribution in [2.75, 3.05) is 31.1 Å². The Labute approximate surface area is 205 Å². The fourth-order valence-electron chi connectivity index (χ4n) is 3.93. The van der Waals surface area contributed by atoms with E-state index in [1.54, 1.807) is 6.33 Å². The van der Waals surface area contributed by atoms with Crippen LogP contribution in [-0.4, -0.2) is 36.1 Å². The Morgan fingerprint density at radius 3 is 2.58 bits per heavy atom. The van der Waals surface area contributed by atoms with E-state index in [1.165, 1.54) is 42.2 Å². The molecule has 0 amide bonds. The van der Waals surface area contributed by atoms with E-state index in [0.29, 0.717) is 0 Å². The number of unbranched alkanes of at least 4 members (excludes halogenated alkanes) is 2. The standard InChI is InChI=1S/C15H22N4.C12H19NS/c1-3-13(12-4-5-12)14-11(2)17-10-18-15(14)19-8-6-16-7-9-19;1-4-6-7-9-12(10-13)14-11(3)8-5-2/h3,10,12,16H,4-9H2,1-2H3;9H,3-8H2,1-2H3/b13-3-;12-9-. The van der Waals surface area contributed by atoms with E-state index in [1.807, 2.05) is 6.08 Å². The molecular formula is C27H41N5S. The zero-order chi connectivity index (χ0) is 24.1. The second-order valence-corrected chi connectivity index (χ2v) is 9.85. The summed E-state index contributed by atoms with van der Waals surface area (Å²) in [7, 11) is 0. The smallest absolute Gasteiger partial charge is 0.139 e. The molecule has 2 heterocycles. The van der Waals surface area contributed by atoms with Gasteiger partial charge in [-0.1, -0.05) is 63.6 Å². The normalized spacial score (nSPS) is 16.6. The van der Waals surface area contributed by atoms with Crippen LogP contribution in [0.25, 0.3) is 5.57 Å². The van der Waals surface area contributed by atoms with Crippen molar-refractivity contribution in [1.29, 1.82) is 5.26 Å². The number of piperazine rings is 1. The number of anilines is 1. The van der Waals surface area contributed by atoms with Crippen molar-refractivity contribution in [2.45, 2.75) is 72.6 Å². The van der Waals surface area contributed by atoms with Gasteiger partial charge in [-0.3, -0.25) is 0 Å². The van der Waals surface area contributed by atoms with Crippen LogP contribution < -0.4 is 10.2 Å². The van der Waals surface area contributed by atoms with Gasteiger partial charge in [-0.05, 0) is 55.9 Å². The van der Waals surface area contributed by atoms with Crippen molar-refractivity contribution in [1.82, 2.24) is 15.3 Å². The van der Waals surface area contributed by atoms with E-state index in [2.05, 4.69) is 66.6 Å². The van der Waals surface area contributed by atoms with E-state index >= 15 is 0 Å². The van der Waals surface area contributed by atoms with Crippen LogP contribution in [0.2, 0.25) is 0 Å². The van der Waals surface area contributed by atoms with E-state index in [-0.39, 0.29) is 0 Å². The lowest BCUT2D eigenvalue weighted by atomic mass is 9.99. The fraction of sp³-hybridized carbons (Fsp3) is 0.593. The van der Waals surface area contributed by atoms with Crippen LogP contribution in [0.3, 0.4) is 0 Å². The SMILES string of the molecule is C/C=C(\c1c(C)ncnc1N1CCNCC1)C1CC1.C=C(CCC)S/C(C#N)=C\CCCC. The predicted molar refractivity (Wildman–Crippen MR) is 143 cm³/mol. The molecule has 1 N–H and O–H groups in total. The third-order valence-corrected chi connectivity index (χ3v) is 6.80. The first kappa shape index (κ1) is 27.1. The van der Waals surface area contributed by atoms with Gasteiger partial charge >= 0.3 is 0 Å². The summed E-state index contributed by atoms with van der Waals surface area (Å²) in [6.07, 6.45) is 14.1. The average molecular weight is 468 g/mol. The topological polar surface area (TPSA) is 64.8 Å². The first-order chi connectivity index (χ1) is 16.0. The highest BCUT2D eigenvalue weighted by Gasteiger charge is 2.30. The first-order valence-electron chi connectivity index (χ1n) is 12.4. The van der Waals surface area contributed by atoms with E-state index in [9.17, 15) is 0 Å². The number of thioether (sulfide) groups is 1. The first-order valence-corrected chi connectivity index (χ1v) is 13.3. The number of hydrogen-bond acceptors (Lipinski definition) is 6. The summed E-state index contributed by atoms with van der Waals surface area (Å²) in [6, 6.07) is 2.21. The van der Waals surface area contributed by atoms with Gasteiger partial charge in [0.15, 0.2) is 0 Å². The van der Waals surface area contributed by atoms with Crippen molar-refractivity contribution < 1.29 is 0 Å². The molecule has 1 aromatic rings. The Bertz CT molecular complexity index is 858. The minimum atomic E-state index is 0.733. The highest BCUT2D eigenvalue weighted by atomic mass is 32.2. The summed E-state index contributed by atoms with van der Waals surface area (Å²) in [4.78, 5) is 13.3. The number of rotatable bonds is 10. The number of hydrogen-bond donors (Lipinski definition) is 1. The number of aryl methyl sites for hydroxylation is 1. The van der Waals surface area contributed by atoms with Gasteiger partial charge in [-0.25, -0.2) is 9.97 Å². The van der Waals surface area contributed by atoms with Gasteiger partial charge in [0.1, 0.15) is 18.2 Å². The Morgan fingerprint density at radius 2 is 2.00 bits per heavy atom. The Morgan fingerprint density at radius 1 is 1.27 bits per heavy atom. The van der Waals surface area contributed by atoms with Crippen molar-refractivity contribution >= 4 is 23.2 Å². The Kier molecular flexibility index (Phi) is 12.3. The fourth-order valence-corrected chi connectivity index (χ4v) is 4.79. The van der Waals surface area contributed by atoms with Gasteiger partial charge in [0.25, 0.3) is 0 Å². The Hall–Kier alpha value is -2.10. The third-order valence-electron chi connectivity index (χ3n) is 5.83. The van der Waals surface area contributed by atoms with Crippen LogP contribution >= 0.6 is 11.8 Å². The van der Waals surface area contributed by atoms with Crippen LogP contribution in [0, 0.1) is 24.2 Å². The zero-order valence-corrected chi connectivity index (χ0v) is 21.8. The van der Waals surface area contributed by atoms with Crippen molar-refractivity contribution in [3.05, 3.63) is 46.1 Å². The minimum absolute atomic E-state index is 0.733. The highest BCUT2D eigenvalue weighted by molar-refractivity contribution is 8.07. The van der Waals surface area contributed by atoms with E-state index < -0.39 is 0 Å². The molecule has 1 saturated carbocycles. The number of nitriles is 1. The molecule has 0 radical (unpaired) electrons. The number of nitrogens with one attached hydrogen (secondary N) is 1. The van der Waals surface area contributed by atoms with Crippen LogP contribution in [0.15, 0.2) is 34.9 Å². The summed E-state index contributed by atoms with van der Waals surface area (Å²) in [5.74, 6) is 1.87. The zero-order valence-electron chi connectivity index (χ0n) is 21.0. The summed E-state index contributed by atoms with van der Waals surface area (Å²) in [5.41, 5.74) is 3.85. The summed E-state index contributed by atoms with van der Waals surface area (Å²) in [6.45, 7) is 16.6. The lowest BCUT2D eigenvalue weighted by Crippen LogP contribution is -2.44. The third kappa shape index (κ3) is 8.98. The quantitative estimate of drug-likeness (QED) is 0.307. The molecule has 5 nitrogen and oxygen atoms in total. The molecule has 33 heavy (non-hydrogen) atoms. The second kappa shape index (κ2) is 14.9. The second-order valence-electron chi connectivity index (χ2n) is 8.63.